The van der Waals surface area contributed by atoms with Crippen molar-refractivity contribution in [3.63, 3.8) is 0 Å². The summed E-state index contributed by atoms with van der Waals surface area (Å²) >= 11 is 1.45. The van der Waals surface area contributed by atoms with E-state index in [2.05, 4.69) is 10.4 Å². The zero-order valence-electron chi connectivity index (χ0n) is 9.80. The molecule has 5 nitrogen and oxygen atoms in total. The maximum Gasteiger partial charge on any atom is 0.231 e. The van der Waals surface area contributed by atoms with Crippen molar-refractivity contribution in [1.82, 2.24) is 4.98 Å². The fourth-order valence-electron chi connectivity index (χ4n) is 2.10. The Hall–Kier alpha value is -1.92. The molecular weight excluding hydrogens is 248 g/mol. The smallest absolute Gasteiger partial charge is 0.231 e. The van der Waals surface area contributed by atoms with Crippen LogP contribution in [0.2, 0.25) is 0 Å². The fraction of sp³-hybridized carbons (Fsp3) is 0.167. The molecule has 0 spiro atoms. The second-order valence-electron chi connectivity index (χ2n) is 4.16. The van der Waals surface area contributed by atoms with E-state index in [4.69, 9.17) is 5.84 Å². The molecule has 1 aliphatic rings. The highest BCUT2D eigenvalue weighted by Gasteiger charge is 2.24. The lowest BCUT2D eigenvalue weighted by atomic mass is 10.1. The fourth-order valence-corrected chi connectivity index (χ4v) is 2.73. The van der Waals surface area contributed by atoms with Crippen molar-refractivity contribution in [3.8, 4) is 11.3 Å². The van der Waals surface area contributed by atoms with Crippen LogP contribution in [-0.4, -0.2) is 17.9 Å². The number of nitrogens with two attached hydrogens (primary N) is 1. The number of benzene rings is 1. The second kappa shape index (κ2) is 4.08. The first kappa shape index (κ1) is 11.2. The summed E-state index contributed by atoms with van der Waals surface area (Å²) in [6, 6.07) is 5.96. The zero-order chi connectivity index (χ0) is 12.7. The van der Waals surface area contributed by atoms with Gasteiger partial charge in [0, 0.05) is 23.7 Å². The van der Waals surface area contributed by atoms with E-state index in [1.54, 1.807) is 11.9 Å². The van der Waals surface area contributed by atoms with Gasteiger partial charge in [-0.3, -0.25) is 10.2 Å². The van der Waals surface area contributed by atoms with E-state index in [9.17, 15) is 4.79 Å². The van der Waals surface area contributed by atoms with Crippen LogP contribution in [0.25, 0.3) is 11.3 Å². The summed E-state index contributed by atoms with van der Waals surface area (Å²) in [5, 5.41) is 2.62. The summed E-state index contributed by atoms with van der Waals surface area (Å²) in [4.78, 5) is 17.6. The van der Waals surface area contributed by atoms with Crippen molar-refractivity contribution >= 4 is 28.1 Å². The zero-order valence-corrected chi connectivity index (χ0v) is 10.6. The number of hydrogen-bond donors (Lipinski definition) is 2. The van der Waals surface area contributed by atoms with Crippen LogP contribution in [0.4, 0.5) is 10.8 Å². The first-order valence-electron chi connectivity index (χ1n) is 5.51. The van der Waals surface area contributed by atoms with Crippen molar-refractivity contribution < 1.29 is 4.79 Å². The number of hydrazine groups is 1. The van der Waals surface area contributed by atoms with E-state index in [0.717, 1.165) is 22.5 Å². The van der Waals surface area contributed by atoms with Crippen molar-refractivity contribution in [2.75, 3.05) is 17.4 Å². The highest BCUT2D eigenvalue weighted by atomic mass is 32.1. The summed E-state index contributed by atoms with van der Waals surface area (Å²) in [6.45, 7) is 0. The molecular formula is C12H12N4OS. The van der Waals surface area contributed by atoms with Crippen molar-refractivity contribution in [2.45, 2.75) is 6.42 Å². The van der Waals surface area contributed by atoms with E-state index in [0.29, 0.717) is 11.6 Å². The third-order valence-electron chi connectivity index (χ3n) is 3.08. The number of anilines is 2. The molecule has 0 atom stereocenters. The lowest BCUT2D eigenvalue weighted by Gasteiger charge is -2.09. The SMILES string of the molecule is CN1C(=O)Cc2cc(-c3csc(NN)n3)ccc21. The number of nitrogens with zero attached hydrogens (tertiary/aromatic N) is 2. The van der Waals surface area contributed by atoms with Gasteiger partial charge in [0.25, 0.3) is 0 Å². The molecule has 0 unspecified atom stereocenters. The number of aromatic nitrogens is 1. The highest BCUT2D eigenvalue weighted by Crippen LogP contribution is 2.32. The number of likely N-dealkylation sites (N-methyl/N-ethyl adjacent to an activating group) is 1. The summed E-state index contributed by atoms with van der Waals surface area (Å²) in [5.74, 6) is 5.44. The van der Waals surface area contributed by atoms with Gasteiger partial charge < -0.3 is 4.90 Å². The number of nitrogens with one attached hydrogen (secondary N) is 1. The van der Waals surface area contributed by atoms with Crippen LogP contribution in [0.3, 0.4) is 0 Å². The number of carbonyl (C=O) groups is 1. The minimum absolute atomic E-state index is 0.129. The molecule has 2 heterocycles. The van der Waals surface area contributed by atoms with Crippen LogP contribution in [-0.2, 0) is 11.2 Å². The molecule has 18 heavy (non-hydrogen) atoms. The lowest BCUT2D eigenvalue weighted by molar-refractivity contribution is -0.117. The number of hydrogen-bond acceptors (Lipinski definition) is 5. The van der Waals surface area contributed by atoms with E-state index >= 15 is 0 Å². The predicted octanol–water partition coefficient (Wildman–Crippen LogP) is 1.61. The van der Waals surface area contributed by atoms with Crippen LogP contribution in [0.15, 0.2) is 23.6 Å². The van der Waals surface area contributed by atoms with E-state index < -0.39 is 0 Å². The molecule has 1 aromatic heterocycles. The Morgan fingerprint density at radius 2 is 2.33 bits per heavy atom. The second-order valence-corrected chi connectivity index (χ2v) is 5.01. The Balaban J connectivity index is 2.01. The average molecular weight is 260 g/mol. The maximum atomic E-state index is 11.6. The van der Waals surface area contributed by atoms with Gasteiger partial charge in [-0.15, -0.1) is 11.3 Å². The van der Waals surface area contributed by atoms with Crippen LogP contribution < -0.4 is 16.2 Å². The lowest BCUT2D eigenvalue weighted by Crippen LogP contribution is -2.20. The molecule has 0 radical (unpaired) electrons. The molecule has 0 fully saturated rings. The normalized spacial score (nSPS) is 13.9. The van der Waals surface area contributed by atoms with Crippen LogP contribution in [0.1, 0.15) is 5.56 Å². The quantitative estimate of drug-likeness (QED) is 0.635. The summed E-state index contributed by atoms with van der Waals surface area (Å²) in [6.07, 6.45) is 0.464. The largest absolute Gasteiger partial charge is 0.315 e. The minimum atomic E-state index is 0.129. The number of carbonyl (C=O) groups excluding carboxylic acids is 1. The molecule has 1 aromatic carbocycles. The minimum Gasteiger partial charge on any atom is -0.315 e. The molecule has 3 N–H and O–H groups in total. The van der Waals surface area contributed by atoms with Crippen LogP contribution in [0, 0.1) is 0 Å². The molecule has 6 heteroatoms. The number of rotatable bonds is 2. The molecule has 3 rings (SSSR count). The van der Waals surface area contributed by atoms with Crippen LogP contribution >= 0.6 is 11.3 Å². The third kappa shape index (κ3) is 1.66. The van der Waals surface area contributed by atoms with Gasteiger partial charge in [0.05, 0.1) is 12.1 Å². The Morgan fingerprint density at radius 3 is 3.06 bits per heavy atom. The van der Waals surface area contributed by atoms with E-state index in [1.165, 1.54) is 11.3 Å². The van der Waals surface area contributed by atoms with Gasteiger partial charge in [0.2, 0.25) is 5.91 Å². The van der Waals surface area contributed by atoms with Crippen molar-refractivity contribution in [1.29, 1.82) is 0 Å². The van der Waals surface area contributed by atoms with Gasteiger partial charge in [-0.25, -0.2) is 10.8 Å². The molecule has 0 aliphatic carbocycles. The topological polar surface area (TPSA) is 71.2 Å². The number of nitrogen functional groups attached to an aromatic ring is 1. The average Bonchev–Trinajstić information content (AvgIpc) is 2.95. The van der Waals surface area contributed by atoms with Crippen molar-refractivity contribution in [3.05, 3.63) is 29.1 Å². The summed E-state index contributed by atoms with van der Waals surface area (Å²) in [5.41, 5.74) is 6.44. The molecule has 0 saturated carbocycles. The van der Waals surface area contributed by atoms with Gasteiger partial charge in [0.15, 0.2) is 5.13 Å². The number of fused-ring (bicyclic) bond motifs is 1. The highest BCUT2D eigenvalue weighted by molar-refractivity contribution is 7.14. The number of thiazole rings is 1. The van der Waals surface area contributed by atoms with Crippen molar-refractivity contribution in [2.24, 2.45) is 5.84 Å². The first-order valence-corrected chi connectivity index (χ1v) is 6.39. The Kier molecular flexibility index (Phi) is 2.53. The third-order valence-corrected chi connectivity index (χ3v) is 3.85. The summed E-state index contributed by atoms with van der Waals surface area (Å²) in [7, 11) is 1.80. The summed E-state index contributed by atoms with van der Waals surface area (Å²) < 4.78 is 0. The molecule has 1 aliphatic heterocycles. The number of amides is 1. The molecule has 2 aromatic rings. The van der Waals surface area contributed by atoms with Gasteiger partial charge >= 0.3 is 0 Å². The first-order chi connectivity index (χ1) is 8.69. The van der Waals surface area contributed by atoms with E-state index in [1.807, 2.05) is 23.6 Å². The maximum absolute atomic E-state index is 11.6. The van der Waals surface area contributed by atoms with E-state index in [-0.39, 0.29) is 5.91 Å². The Morgan fingerprint density at radius 1 is 1.50 bits per heavy atom. The molecule has 1 amide bonds. The Bertz CT molecular complexity index is 622. The molecule has 0 bridgehead atoms. The van der Waals surface area contributed by atoms with Gasteiger partial charge in [-0.2, -0.15) is 0 Å². The van der Waals surface area contributed by atoms with Gasteiger partial charge in [0.1, 0.15) is 0 Å². The Labute approximate surface area is 108 Å². The van der Waals surface area contributed by atoms with Gasteiger partial charge in [-0.1, -0.05) is 6.07 Å². The monoisotopic (exact) mass is 260 g/mol. The molecule has 0 saturated heterocycles. The molecule has 92 valence electrons. The van der Waals surface area contributed by atoms with Gasteiger partial charge in [-0.05, 0) is 17.7 Å². The standard InChI is InChI=1S/C12H12N4OS/c1-16-10-3-2-7(4-8(10)5-11(16)17)9-6-18-12(14-9)15-13/h2-4,6H,5,13H2,1H3,(H,14,15). The predicted molar refractivity (Wildman–Crippen MR) is 72.5 cm³/mol. The van der Waals surface area contributed by atoms with Crippen LogP contribution in [0.5, 0.6) is 0 Å².